The van der Waals surface area contributed by atoms with Crippen LogP contribution in [0.2, 0.25) is 0 Å². The van der Waals surface area contributed by atoms with Gasteiger partial charge >= 0.3 is 0 Å². The smallest absolute Gasteiger partial charge is 0.0550 e. The second-order valence-corrected chi connectivity index (χ2v) is 5.14. The molecule has 0 atom stereocenters. The maximum absolute atomic E-state index is 3.82. The fraction of sp³-hybridized carbons (Fsp3) is 0.0667. The van der Waals surface area contributed by atoms with Crippen molar-refractivity contribution in [3.8, 4) is 0 Å². The van der Waals surface area contributed by atoms with Crippen molar-refractivity contribution in [3.05, 3.63) is 54.6 Å². The van der Waals surface area contributed by atoms with Crippen molar-refractivity contribution in [1.29, 1.82) is 0 Å². The van der Waals surface area contributed by atoms with Crippen molar-refractivity contribution in [1.82, 2.24) is 0 Å². The first-order valence-electron chi connectivity index (χ1n) is 5.56. The van der Waals surface area contributed by atoms with Gasteiger partial charge in [-0.3, -0.25) is 0 Å². The molecule has 0 bridgehead atoms. The number of benzene rings is 2. The number of rotatable bonds is 1. The lowest BCUT2D eigenvalue weighted by molar-refractivity contribution is 1.11. The van der Waals surface area contributed by atoms with E-state index in [2.05, 4.69) is 61.0 Å². The van der Waals surface area contributed by atoms with E-state index in [0.717, 1.165) is 0 Å². The molecular weight excluding hydrogens is 226 g/mol. The van der Waals surface area contributed by atoms with E-state index in [1.807, 2.05) is 17.8 Å². The molecule has 84 valence electrons. The lowest BCUT2D eigenvalue weighted by atomic mass is 10.1. The number of hydrogen-bond donors (Lipinski definition) is 0. The van der Waals surface area contributed by atoms with Gasteiger partial charge < -0.3 is 4.90 Å². The summed E-state index contributed by atoms with van der Waals surface area (Å²) in [6.07, 6.45) is 1.89. The summed E-state index contributed by atoms with van der Waals surface area (Å²) >= 11 is 1.83. The molecule has 1 heterocycles. The molecule has 0 saturated heterocycles. The van der Waals surface area contributed by atoms with E-state index in [1.165, 1.54) is 26.7 Å². The van der Waals surface area contributed by atoms with Crippen LogP contribution in [0.25, 0.3) is 6.08 Å². The molecule has 3 rings (SSSR count). The Hall–Kier alpha value is -1.67. The van der Waals surface area contributed by atoms with Crippen LogP contribution in [0.5, 0.6) is 0 Å². The summed E-state index contributed by atoms with van der Waals surface area (Å²) in [6, 6.07) is 15.0. The van der Waals surface area contributed by atoms with Gasteiger partial charge in [-0.25, -0.2) is 0 Å². The zero-order chi connectivity index (χ0) is 11.8. The number of nitrogens with zero attached hydrogens (tertiary/aromatic N) is 1. The van der Waals surface area contributed by atoms with Crippen molar-refractivity contribution in [2.45, 2.75) is 9.79 Å². The molecule has 1 aliphatic heterocycles. The van der Waals surface area contributed by atoms with Crippen molar-refractivity contribution in [3.63, 3.8) is 0 Å². The number of anilines is 2. The molecule has 1 aliphatic rings. The van der Waals surface area contributed by atoms with Gasteiger partial charge in [-0.15, -0.1) is 0 Å². The number of para-hydroxylation sites is 1. The molecule has 17 heavy (non-hydrogen) atoms. The summed E-state index contributed by atoms with van der Waals surface area (Å²) in [4.78, 5) is 4.85. The van der Waals surface area contributed by atoms with Crippen LogP contribution in [-0.2, 0) is 0 Å². The summed E-state index contributed by atoms with van der Waals surface area (Å²) in [7, 11) is 2.12. The van der Waals surface area contributed by atoms with E-state index < -0.39 is 0 Å². The Morgan fingerprint density at radius 2 is 1.82 bits per heavy atom. The second kappa shape index (κ2) is 3.97. The Bertz CT molecular complexity index is 589. The molecule has 0 fully saturated rings. The van der Waals surface area contributed by atoms with Crippen molar-refractivity contribution < 1.29 is 0 Å². The van der Waals surface area contributed by atoms with Crippen LogP contribution in [0.15, 0.2) is 58.8 Å². The average molecular weight is 239 g/mol. The molecule has 2 aromatic rings. The predicted molar refractivity (Wildman–Crippen MR) is 75.2 cm³/mol. The van der Waals surface area contributed by atoms with E-state index in [1.54, 1.807) is 0 Å². The van der Waals surface area contributed by atoms with Crippen LogP contribution in [0.1, 0.15) is 5.56 Å². The summed E-state index contributed by atoms with van der Waals surface area (Å²) in [5, 5.41) is 0. The zero-order valence-electron chi connectivity index (χ0n) is 9.68. The largest absolute Gasteiger partial charge is 0.343 e. The zero-order valence-corrected chi connectivity index (χ0v) is 10.5. The Morgan fingerprint density at radius 3 is 2.65 bits per heavy atom. The van der Waals surface area contributed by atoms with Crippen LogP contribution in [0.3, 0.4) is 0 Å². The molecule has 0 unspecified atom stereocenters. The molecule has 0 aliphatic carbocycles. The highest BCUT2D eigenvalue weighted by Gasteiger charge is 2.19. The van der Waals surface area contributed by atoms with Gasteiger partial charge in [0.1, 0.15) is 0 Å². The third kappa shape index (κ3) is 1.65. The maximum Gasteiger partial charge on any atom is 0.0550 e. The molecule has 0 radical (unpaired) electrons. The van der Waals surface area contributed by atoms with Gasteiger partial charge in [0.05, 0.1) is 11.4 Å². The normalized spacial score (nSPS) is 12.9. The van der Waals surface area contributed by atoms with Gasteiger partial charge in [-0.1, -0.05) is 42.6 Å². The van der Waals surface area contributed by atoms with Crippen LogP contribution < -0.4 is 4.90 Å². The van der Waals surface area contributed by atoms with Gasteiger partial charge in [-0.2, -0.15) is 0 Å². The van der Waals surface area contributed by atoms with Crippen LogP contribution in [0, 0.1) is 0 Å². The summed E-state index contributed by atoms with van der Waals surface area (Å²) < 4.78 is 0. The van der Waals surface area contributed by atoms with Crippen molar-refractivity contribution in [2.24, 2.45) is 0 Å². The van der Waals surface area contributed by atoms with Gasteiger partial charge in [0.2, 0.25) is 0 Å². The second-order valence-electron chi connectivity index (χ2n) is 4.06. The molecule has 2 aromatic carbocycles. The third-order valence-corrected chi connectivity index (χ3v) is 4.14. The minimum absolute atomic E-state index is 1.17. The fourth-order valence-electron chi connectivity index (χ4n) is 2.09. The third-order valence-electron chi connectivity index (χ3n) is 3.03. The Balaban J connectivity index is 2.15. The van der Waals surface area contributed by atoms with E-state index in [-0.39, 0.29) is 0 Å². The Morgan fingerprint density at radius 1 is 1.06 bits per heavy atom. The van der Waals surface area contributed by atoms with Crippen molar-refractivity contribution >= 4 is 29.2 Å². The fourth-order valence-corrected chi connectivity index (χ4v) is 3.28. The minimum atomic E-state index is 1.17. The van der Waals surface area contributed by atoms with E-state index in [0.29, 0.717) is 0 Å². The Labute approximate surface area is 106 Å². The first kappa shape index (κ1) is 10.5. The summed E-state index contributed by atoms with van der Waals surface area (Å²) in [5.41, 5.74) is 3.71. The average Bonchev–Trinajstić information content (AvgIpc) is 2.38. The molecule has 0 amide bonds. The standard InChI is InChI=1S/C15H13NS/c1-3-11-8-9-13-15(10-11)17-14-7-5-4-6-12(14)16(13)2/h3-10H,1H2,2H3. The molecule has 0 N–H and O–H groups in total. The lowest BCUT2D eigenvalue weighted by Gasteiger charge is -2.29. The van der Waals surface area contributed by atoms with Crippen molar-refractivity contribution in [2.75, 3.05) is 11.9 Å². The highest BCUT2D eigenvalue weighted by Crippen LogP contribution is 2.47. The highest BCUT2D eigenvalue weighted by molar-refractivity contribution is 7.99. The molecule has 0 aromatic heterocycles. The molecule has 0 saturated carbocycles. The maximum atomic E-state index is 3.82. The highest BCUT2D eigenvalue weighted by atomic mass is 32.2. The lowest BCUT2D eigenvalue weighted by Crippen LogP contribution is -2.14. The van der Waals surface area contributed by atoms with Gasteiger partial charge in [0.15, 0.2) is 0 Å². The van der Waals surface area contributed by atoms with Gasteiger partial charge in [-0.05, 0) is 29.8 Å². The van der Waals surface area contributed by atoms with Gasteiger partial charge in [0, 0.05) is 16.8 Å². The molecule has 2 heteroatoms. The van der Waals surface area contributed by atoms with E-state index >= 15 is 0 Å². The number of hydrogen-bond acceptors (Lipinski definition) is 2. The quantitative estimate of drug-likeness (QED) is 0.717. The predicted octanol–water partition coefficient (Wildman–Crippen LogP) is 4.56. The summed E-state index contributed by atoms with van der Waals surface area (Å²) in [5.74, 6) is 0. The van der Waals surface area contributed by atoms with Crippen LogP contribution in [0.4, 0.5) is 11.4 Å². The Kier molecular flexibility index (Phi) is 2.45. The molecular formula is C15H13NS. The first-order valence-corrected chi connectivity index (χ1v) is 6.38. The molecule has 1 nitrogen and oxygen atoms in total. The summed E-state index contributed by atoms with van der Waals surface area (Å²) in [6.45, 7) is 3.82. The van der Waals surface area contributed by atoms with Crippen LogP contribution in [-0.4, -0.2) is 7.05 Å². The molecule has 0 spiro atoms. The van der Waals surface area contributed by atoms with E-state index in [4.69, 9.17) is 0 Å². The van der Waals surface area contributed by atoms with Gasteiger partial charge in [0.25, 0.3) is 0 Å². The SMILES string of the molecule is C=Cc1ccc2c(c1)Sc1ccccc1N2C. The number of fused-ring (bicyclic) bond motifs is 2. The van der Waals surface area contributed by atoms with E-state index in [9.17, 15) is 0 Å². The first-order chi connectivity index (χ1) is 8.29. The topological polar surface area (TPSA) is 3.24 Å². The van der Waals surface area contributed by atoms with Crippen LogP contribution >= 0.6 is 11.8 Å². The minimum Gasteiger partial charge on any atom is -0.343 e. The monoisotopic (exact) mass is 239 g/mol.